The van der Waals surface area contributed by atoms with Crippen LogP contribution in [0.2, 0.25) is 0 Å². The predicted octanol–water partition coefficient (Wildman–Crippen LogP) is 1.05. The van der Waals surface area contributed by atoms with E-state index in [1.165, 1.54) is 4.90 Å². The standard InChI is InChI=1S/C13H21N3O2/c1-4-13(5-2,9-14)12(18)16(3)8-11(17)15-10-6-7-10/h10H,4-8H2,1-3H3,(H,15,17). The van der Waals surface area contributed by atoms with Crippen LogP contribution in [-0.2, 0) is 9.59 Å². The van der Waals surface area contributed by atoms with Gasteiger partial charge in [0.2, 0.25) is 11.8 Å². The SMILES string of the molecule is CCC(C#N)(CC)C(=O)N(C)CC(=O)NC1CC1. The molecule has 18 heavy (non-hydrogen) atoms. The van der Waals surface area contributed by atoms with Crippen molar-refractivity contribution >= 4 is 11.8 Å². The van der Waals surface area contributed by atoms with Crippen LogP contribution in [0.25, 0.3) is 0 Å². The number of hydrogen-bond acceptors (Lipinski definition) is 3. The van der Waals surface area contributed by atoms with Gasteiger partial charge in [0, 0.05) is 13.1 Å². The van der Waals surface area contributed by atoms with Crippen LogP contribution in [0.5, 0.6) is 0 Å². The Labute approximate surface area is 108 Å². The van der Waals surface area contributed by atoms with E-state index in [1.807, 2.05) is 13.8 Å². The minimum atomic E-state index is -0.991. The van der Waals surface area contributed by atoms with Crippen molar-refractivity contribution in [2.24, 2.45) is 5.41 Å². The van der Waals surface area contributed by atoms with Gasteiger partial charge in [-0.2, -0.15) is 5.26 Å². The van der Waals surface area contributed by atoms with E-state index < -0.39 is 5.41 Å². The second kappa shape index (κ2) is 5.85. The number of nitrogens with zero attached hydrogens (tertiary/aromatic N) is 2. The molecular formula is C13H21N3O2. The van der Waals surface area contributed by atoms with Crippen molar-refractivity contribution in [3.8, 4) is 6.07 Å². The van der Waals surface area contributed by atoms with Gasteiger partial charge in [-0.25, -0.2) is 0 Å². The first-order chi connectivity index (χ1) is 8.49. The minimum absolute atomic E-state index is 0.0266. The van der Waals surface area contributed by atoms with Crippen LogP contribution in [0.15, 0.2) is 0 Å². The maximum atomic E-state index is 12.2. The number of amides is 2. The van der Waals surface area contributed by atoms with E-state index in [-0.39, 0.29) is 18.4 Å². The third-order valence-electron chi connectivity index (χ3n) is 3.50. The summed E-state index contributed by atoms with van der Waals surface area (Å²) >= 11 is 0. The predicted molar refractivity (Wildman–Crippen MR) is 67.4 cm³/mol. The molecule has 0 aromatic carbocycles. The quantitative estimate of drug-likeness (QED) is 0.767. The van der Waals surface area contributed by atoms with Crippen molar-refractivity contribution < 1.29 is 9.59 Å². The molecule has 1 aliphatic carbocycles. The van der Waals surface area contributed by atoms with Gasteiger partial charge in [-0.05, 0) is 25.7 Å². The Kier molecular flexibility index (Phi) is 4.71. The number of likely N-dealkylation sites (N-methyl/N-ethyl adjacent to an activating group) is 1. The highest BCUT2D eigenvalue weighted by Gasteiger charge is 2.38. The first kappa shape index (κ1) is 14.5. The Balaban J connectivity index is 2.58. The fraction of sp³-hybridized carbons (Fsp3) is 0.769. The molecule has 0 aliphatic heterocycles. The fourth-order valence-corrected chi connectivity index (χ4v) is 1.91. The average Bonchev–Trinajstić information content (AvgIpc) is 3.15. The summed E-state index contributed by atoms with van der Waals surface area (Å²) in [6, 6.07) is 2.39. The van der Waals surface area contributed by atoms with Crippen molar-refractivity contribution in [2.45, 2.75) is 45.6 Å². The summed E-state index contributed by atoms with van der Waals surface area (Å²) in [7, 11) is 1.58. The summed E-state index contributed by atoms with van der Waals surface area (Å²) in [4.78, 5) is 25.2. The number of nitriles is 1. The van der Waals surface area contributed by atoms with Crippen molar-refractivity contribution in [3.63, 3.8) is 0 Å². The van der Waals surface area contributed by atoms with Gasteiger partial charge in [-0.3, -0.25) is 9.59 Å². The summed E-state index contributed by atoms with van der Waals surface area (Å²) in [6.45, 7) is 3.67. The van der Waals surface area contributed by atoms with Crippen LogP contribution in [0.4, 0.5) is 0 Å². The van der Waals surface area contributed by atoms with E-state index in [4.69, 9.17) is 0 Å². The van der Waals surface area contributed by atoms with E-state index in [0.29, 0.717) is 18.9 Å². The topological polar surface area (TPSA) is 73.2 Å². The zero-order chi connectivity index (χ0) is 13.8. The number of rotatable bonds is 6. The largest absolute Gasteiger partial charge is 0.352 e. The van der Waals surface area contributed by atoms with Gasteiger partial charge in [0.05, 0.1) is 12.6 Å². The van der Waals surface area contributed by atoms with Gasteiger partial charge >= 0.3 is 0 Å². The zero-order valence-corrected chi connectivity index (χ0v) is 11.3. The summed E-state index contributed by atoms with van der Waals surface area (Å²) in [5, 5.41) is 12.0. The molecule has 0 aromatic heterocycles. The lowest BCUT2D eigenvalue weighted by atomic mass is 9.82. The average molecular weight is 251 g/mol. The second-order valence-electron chi connectivity index (χ2n) is 4.90. The van der Waals surface area contributed by atoms with E-state index in [0.717, 1.165) is 12.8 Å². The van der Waals surface area contributed by atoms with E-state index in [2.05, 4.69) is 11.4 Å². The smallest absolute Gasteiger partial charge is 0.243 e. The number of carbonyl (C=O) groups excluding carboxylic acids is 2. The molecule has 0 atom stereocenters. The molecule has 1 fully saturated rings. The maximum absolute atomic E-state index is 12.2. The molecule has 0 unspecified atom stereocenters. The second-order valence-corrected chi connectivity index (χ2v) is 4.90. The minimum Gasteiger partial charge on any atom is -0.352 e. The number of nitrogens with one attached hydrogen (secondary N) is 1. The number of carbonyl (C=O) groups is 2. The molecule has 0 radical (unpaired) electrons. The third-order valence-corrected chi connectivity index (χ3v) is 3.50. The lowest BCUT2D eigenvalue weighted by Gasteiger charge is -2.28. The van der Waals surface area contributed by atoms with Crippen LogP contribution < -0.4 is 5.32 Å². The number of hydrogen-bond donors (Lipinski definition) is 1. The van der Waals surface area contributed by atoms with Gasteiger partial charge < -0.3 is 10.2 Å². The van der Waals surface area contributed by atoms with Crippen LogP contribution >= 0.6 is 0 Å². The molecule has 1 rings (SSSR count). The van der Waals surface area contributed by atoms with Gasteiger partial charge in [-0.15, -0.1) is 0 Å². The molecule has 0 bridgehead atoms. The van der Waals surface area contributed by atoms with Crippen molar-refractivity contribution in [1.82, 2.24) is 10.2 Å². The fourth-order valence-electron chi connectivity index (χ4n) is 1.91. The molecule has 5 nitrogen and oxygen atoms in total. The summed E-state index contributed by atoms with van der Waals surface area (Å²) in [5.74, 6) is -0.409. The molecule has 1 saturated carbocycles. The van der Waals surface area contributed by atoms with Crippen molar-refractivity contribution in [1.29, 1.82) is 5.26 Å². The van der Waals surface area contributed by atoms with Crippen LogP contribution in [0.3, 0.4) is 0 Å². The first-order valence-corrected chi connectivity index (χ1v) is 6.45. The van der Waals surface area contributed by atoms with Crippen LogP contribution in [0.1, 0.15) is 39.5 Å². The molecule has 0 saturated heterocycles. The van der Waals surface area contributed by atoms with Gasteiger partial charge in [-0.1, -0.05) is 13.8 Å². The highest BCUT2D eigenvalue weighted by Crippen LogP contribution is 2.27. The Morgan fingerprint density at radius 1 is 1.39 bits per heavy atom. The van der Waals surface area contributed by atoms with Gasteiger partial charge in [0.15, 0.2) is 0 Å². The lowest BCUT2D eigenvalue weighted by molar-refractivity contribution is -0.141. The molecule has 5 heteroatoms. The monoisotopic (exact) mass is 251 g/mol. The normalized spacial score (nSPS) is 14.8. The molecule has 2 amide bonds. The molecule has 1 N–H and O–H groups in total. The summed E-state index contributed by atoms with van der Waals surface area (Å²) in [5.41, 5.74) is -0.991. The molecule has 0 aromatic rings. The van der Waals surface area contributed by atoms with E-state index in [9.17, 15) is 14.9 Å². The maximum Gasteiger partial charge on any atom is 0.243 e. The first-order valence-electron chi connectivity index (χ1n) is 6.45. The Morgan fingerprint density at radius 2 is 1.94 bits per heavy atom. The highest BCUT2D eigenvalue weighted by molar-refractivity contribution is 5.89. The Hall–Kier alpha value is -1.57. The van der Waals surface area contributed by atoms with Gasteiger partial charge in [0.25, 0.3) is 0 Å². The van der Waals surface area contributed by atoms with Crippen molar-refractivity contribution in [3.05, 3.63) is 0 Å². The zero-order valence-electron chi connectivity index (χ0n) is 11.3. The lowest BCUT2D eigenvalue weighted by Crippen LogP contribution is -2.45. The third kappa shape index (κ3) is 3.22. The molecule has 0 spiro atoms. The van der Waals surface area contributed by atoms with Crippen molar-refractivity contribution in [2.75, 3.05) is 13.6 Å². The van der Waals surface area contributed by atoms with E-state index in [1.54, 1.807) is 7.05 Å². The van der Waals surface area contributed by atoms with E-state index >= 15 is 0 Å². The van der Waals surface area contributed by atoms with Crippen LogP contribution in [0, 0.1) is 16.7 Å². The Morgan fingerprint density at radius 3 is 2.33 bits per heavy atom. The molecule has 0 heterocycles. The molecular weight excluding hydrogens is 230 g/mol. The highest BCUT2D eigenvalue weighted by atomic mass is 16.2. The summed E-state index contributed by atoms with van der Waals surface area (Å²) < 4.78 is 0. The molecule has 100 valence electrons. The molecule has 1 aliphatic rings. The summed E-state index contributed by atoms with van der Waals surface area (Å²) in [6.07, 6.45) is 2.98. The van der Waals surface area contributed by atoms with Crippen LogP contribution in [-0.4, -0.2) is 36.3 Å². The Bertz CT molecular complexity index is 365. The van der Waals surface area contributed by atoms with Gasteiger partial charge in [0.1, 0.15) is 5.41 Å².